The number of hydrogen-bond acceptors (Lipinski definition) is 5. The molecule has 4 N–H and O–H groups in total. The lowest BCUT2D eigenvalue weighted by Crippen LogP contribution is -2.52. The van der Waals surface area contributed by atoms with Crippen molar-refractivity contribution >= 4 is 0 Å². The van der Waals surface area contributed by atoms with Crippen molar-refractivity contribution in [2.24, 2.45) is 0 Å². The second-order valence-corrected chi connectivity index (χ2v) is 3.41. The van der Waals surface area contributed by atoms with Gasteiger partial charge in [0.15, 0.2) is 5.79 Å². The summed E-state index contributed by atoms with van der Waals surface area (Å²) in [4.78, 5) is 0. The molecule has 0 saturated carbocycles. The van der Waals surface area contributed by atoms with Crippen molar-refractivity contribution in [3.63, 3.8) is 0 Å². The van der Waals surface area contributed by atoms with Crippen LogP contribution in [-0.2, 0) is 4.74 Å². The Morgan fingerprint density at radius 1 is 1.33 bits per heavy atom. The van der Waals surface area contributed by atoms with Gasteiger partial charge in [-0.2, -0.15) is 0 Å². The van der Waals surface area contributed by atoms with E-state index in [2.05, 4.69) is 0 Å². The van der Waals surface area contributed by atoms with Gasteiger partial charge in [0.25, 0.3) is 0 Å². The van der Waals surface area contributed by atoms with Crippen LogP contribution in [0.1, 0.15) is 13.8 Å². The van der Waals surface area contributed by atoms with Crippen LogP contribution in [0.4, 0.5) is 0 Å². The molecular weight excluding hydrogens is 164 g/mol. The normalized spacial score (nSPS) is 54.5. The van der Waals surface area contributed by atoms with E-state index in [-0.39, 0.29) is 0 Å². The molecule has 0 spiro atoms. The van der Waals surface area contributed by atoms with Crippen LogP contribution in [0.25, 0.3) is 0 Å². The molecule has 4 unspecified atom stereocenters. The largest absolute Gasteiger partial charge is 0.394 e. The fourth-order valence-corrected chi connectivity index (χ4v) is 1.25. The molecule has 5 nitrogen and oxygen atoms in total. The third kappa shape index (κ3) is 1.14. The molecule has 1 aliphatic heterocycles. The number of ether oxygens (including phenoxy) is 1. The highest BCUT2D eigenvalue weighted by molar-refractivity contribution is 5.02. The van der Waals surface area contributed by atoms with Gasteiger partial charge in [0, 0.05) is 0 Å². The predicted molar refractivity (Wildman–Crippen MR) is 39.2 cm³/mol. The van der Waals surface area contributed by atoms with Gasteiger partial charge in [0.2, 0.25) is 0 Å². The Kier molecular flexibility index (Phi) is 2.18. The van der Waals surface area contributed by atoms with Crippen LogP contribution >= 0.6 is 0 Å². The molecule has 1 saturated heterocycles. The van der Waals surface area contributed by atoms with Gasteiger partial charge in [-0.25, -0.2) is 0 Å². The van der Waals surface area contributed by atoms with Crippen molar-refractivity contribution in [3.8, 4) is 0 Å². The molecule has 0 amide bonds. The summed E-state index contributed by atoms with van der Waals surface area (Å²) in [6, 6.07) is 0. The highest BCUT2D eigenvalue weighted by Gasteiger charge is 2.58. The van der Waals surface area contributed by atoms with Gasteiger partial charge in [0.1, 0.15) is 17.8 Å². The van der Waals surface area contributed by atoms with E-state index in [0.29, 0.717) is 0 Å². The topological polar surface area (TPSA) is 90.2 Å². The first-order valence-corrected chi connectivity index (χ1v) is 3.74. The molecule has 1 fully saturated rings. The summed E-state index contributed by atoms with van der Waals surface area (Å²) < 4.78 is 4.83. The monoisotopic (exact) mass is 178 g/mol. The summed E-state index contributed by atoms with van der Waals surface area (Å²) in [5.41, 5.74) is -1.75. The van der Waals surface area contributed by atoms with Gasteiger partial charge in [-0.1, -0.05) is 0 Å². The lowest BCUT2D eigenvalue weighted by Gasteiger charge is -2.30. The zero-order chi connectivity index (χ0) is 9.57. The van der Waals surface area contributed by atoms with E-state index < -0.39 is 30.2 Å². The molecule has 0 bridgehead atoms. The quantitative estimate of drug-likeness (QED) is 0.380. The fourth-order valence-electron chi connectivity index (χ4n) is 1.25. The third-order valence-corrected chi connectivity index (χ3v) is 2.43. The zero-order valence-electron chi connectivity index (χ0n) is 7.06. The summed E-state index contributed by atoms with van der Waals surface area (Å²) in [5.74, 6) is -1.82. The summed E-state index contributed by atoms with van der Waals surface area (Å²) in [5, 5.41) is 37.1. The number of aliphatic hydroxyl groups is 4. The average Bonchev–Trinajstić information content (AvgIpc) is 2.11. The van der Waals surface area contributed by atoms with Crippen LogP contribution in [0.5, 0.6) is 0 Å². The molecule has 4 atom stereocenters. The lowest BCUT2D eigenvalue weighted by molar-refractivity contribution is -0.251. The first-order chi connectivity index (χ1) is 5.33. The molecule has 0 aromatic rings. The van der Waals surface area contributed by atoms with E-state index in [1.54, 1.807) is 0 Å². The smallest absolute Gasteiger partial charge is 0.194 e. The molecular formula is C7H14O5. The molecule has 1 heterocycles. The van der Waals surface area contributed by atoms with Crippen molar-refractivity contribution in [2.75, 3.05) is 6.61 Å². The highest BCUT2D eigenvalue weighted by atomic mass is 16.7. The Balaban J connectivity index is 2.88. The maximum atomic E-state index is 9.56. The first-order valence-electron chi connectivity index (χ1n) is 3.74. The van der Waals surface area contributed by atoms with Crippen LogP contribution in [0.3, 0.4) is 0 Å². The van der Waals surface area contributed by atoms with Crippen molar-refractivity contribution in [3.05, 3.63) is 0 Å². The van der Waals surface area contributed by atoms with E-state index in [4.69, 9.17) is 9.84 Å². The van der Waals surface area contributed by atoms with Crippen molar-refractivity contribution in [2.45, 2.75) is 37.4 Å². The number of rotatable bonds is 1. The van der Waals surface area contributed by atoms with Crippen LogP contribution in [0.2, 0.25) is 0 Å². The highest BCUT2D eigenvalue weighted by Crippen LogP contribution is 2.37. The molecule has 5 heteroatoms. The second-order valence-electron chi connectivity index (χ2n) is 3.41. The Labute approximate surface area is 70.2 Å². The van der Waals surface area contributed by atoms with Gasteiger partial charge in [-0.15, -0.1) is 0 Å². The van der Waals surface area contributed by atoms with Crippen molar-refractivity contribution < 1.29 is 25.2 Å². The van der Waals surface area contributed by atoms with Crippen LogP contribution in [0, 0.1) is 0 Å². The Bertz CT molecular complexity index is 177. The first kappa shape index (κ1) is 9.88. The SMILES string of the molecule is CC1(O)OC(CO)C(O)C1(C)O. The van der Waals surface area contributed by atoms with Gasteiger partial charge in [0.05, 0.1) is 6.61 Å². The standard InChI is InChI=1S/C7H14O5/c1-6(10)5(9)4(3-8)12-7(6,2)11/h4-5,8-11H,3H2,1-2H3. The summed E-state index contributed by atoms with van der Waals surface area (Å²) in [6.45, 7) is 2.06. The summed E-state index contributed by atoms with van der Waals surface area (Å²) in [6.07, 6.45) is -2.22. The molecule has 0 aromatic carbocycles. The Morgan fingerprint density at radius 2 is 1.83 bits per heavy atom. The minimum Gasteiger partial charge on any atom is -0.394 e. The minimum absolute atomic E-state index is 0.437. The fraction of sp³-hybridized carbons (Fsp3) is 1.00. The maximum absolute atomic E-state index is 9.56. The minimum atomic E-state index is -1.82. The lowest BCUT2D eigenvalue weighted by atomic mass is 9.91. The van der Waals surface area contributed by atoms with E-state index in [9.17, 15) is 15.3 Å². The van der Waals surface area contributed by atoms with E-state index in [0.717, 1.165) is 0 Å². The van der Waals surface area contributed by atoms with Crippen LogP contribution < -0.4 is 0 Å². The maximum Gasteiger partial charge on any atom is 0.194 e. The van der Waals surface area contributed by atoms with Crippen LogP contribution in [-0.4, -0.2) is 50.6 Å². The number of aliphatic hydroxyl groups excluding tert-OH is 2. The van der Waals surface area contributed by atoms with Crippen molar-refractivity contribution in [1.29, 1.82) is 0 Å². The second kappa shape index (κ2) is 2.65. The van der Waals surface area contributed by atoms with E-state index >= 15 is 0 Å². The zero-order valence-corrected chi connectivity index (χ0v) is 7.06. The molecule has 1 rings (SSSR count). The van der Waals surface area contributed by atoms with Crippen LogP contribution in [0.15, 0.2) is 0 Å². The van der Waals surface area contributed by atoms with Gasteiger partial charge < -0.3 is 25.2 Å². The summed E-state index contributed by atoms with van der Waals surface area (Å²) in [7, 11) is 0. The third-order valence-electron chi connectivity index (χ3n) is 2.43. The number of hydrogen-bond donors (Lipinski definition) is 4. The Hall–Kier alpha value is -0.200. The Morgan fingerprint density at radius 3 is 2.00 bits per heavy atom. The molecule has 72 valence electrons. The van der Waals surface area contributed by atoms with Gasteiger partial charge in [-0.3, -0.25) is 0 Å². The molecule has 12 heavy (non-hydrogen) atoms. The molecule has 1 aliphatic rings. The van der Waals surface area contributed by atoms with Gasteiger partial charge >= 0.3 is 0 Å². The predicted octanol–water partition coefficient (Wildman–Crippen LogP) is -1.80. The van der Waals surface area contributed by atoms with E-state index in [1.165, 1.54) is 13.8 Å². The molecule has 0 radical (unpaired) electrons. The van der Waals surface area contributed by atoms with Crippen molar-refractivity contribution in [1.82, 2.24) is 0 Å². The molecule has 0 aromatic heterocycles. The molecule has 0 aliphatic carbocycles. The summed E-state index contributed by atoms with van der Waals surface area (Å²) >= 11 is 0. The van der Waals surface area contributed by atoms with E-state index in [1.807, 2.05) is 0 Å². The average molecular weight is 178 g/mol. The van der Waals surface area contributed by atoms with Gasteiger partial charge in [-0.05, 0) is 13.8 Å².